The third-order valence-corrected chi connectivity index (χ3v) is 5.06. The predicted molar refractivity (Wildman–Crippen MR) is 99.8 cm³/mol. The Bertz CT molecular complexity index is 763. The van der Waals surface area contributed by atoms with Crippen LogP contribution in [0, 0.1) is 0 Å². The molecule has 2 aliphatic heterocycles. The Hall–Kier alpha value is -2.02. The van der Waals surface area contributed by atoms with Gasteiger partial charge in [-0.15, -0.1) is 0 Å². The molecule has 0 aromatic heterocycles. The van der Waals surface area contributed by atoms with Gasteiger partial charge < -0.3 is 24.1 Å². The molecule has 0 amide bonds. The summed E-state index contributed by atoms with van der Waals surface area (Å²) in [5.74, 6) is 0. The van der Waals surface area contributed by atoms with Crippen LogP contribution in [0.25, 0.3) is 0 Å². The summed E-state index contributed by atoms with van der Waals surface area (Å²) in [5, 5.41) is 11.2. The minimum atomic E-state index is -1.40. The van der Waals surface area contributed by atoms with Crippen LogP contribution in [0.2, 0.25) is 0 Å². The minimum Gasteiger partial charge on any atom is -0.378 e. The number of methoxy groups -OCH3 is 1. The van der Waals surface area contributed by atoms with Gasteiger partial charge in [0, 0.05) is 7.11 Å². The average molecular weight is 368 g/mol. The zero-order valence-corrected chi connectivity index (χ0v) is 15.2. The first-order chi connectivity index (χ1) is 13.2. The Morgan fingerprint density at radius 3 is 2.11 bits per heavy atom. The van der Waals surface area contributed by atoms with Crippen molar-refractivity contribution in [2.75, 3.05) is 7.11 Å². The summed E-state index contributed by atoms with van der Waals surface area (Å²) in [5.41, 5.74) is 0.683. The smallest absolute Gasteiger partial charge is 0.193 e. The Morgan fingerprint density at radius 2 is 1.52 bits per heavy atom. The Labute approximate surface area is 159 Å². The van der Waals surface area contributed by atoms with Crippen molar-refractivity contribution in [1.29, 1.82) is 0 Å². The number of aliphatic hydroxyl groups is 1. The molecule has 0 radical (unpaired) electrons. The summed E-state index contributed by atoms with van der Waals surface area (Å²) in [6, 6.07) is 19.8. The van der Waals surface area contributed by atoms with Crippen LogP contribution in [-0.2, 0) is 32.2 Å². The summed E-state index contributed by atoms with van der Waals surface area (Å²) in [7, 11) is 1.52. The van der Waals surface area contributed by atoms with Crippen molar-refractivity contribution in [3.05, 3.63) is 83.9 Å². The molecular formula is C22H24O5. The van der Waals surface area contributed by atoms with Crippen LogP contribution >= 0.6 is 0 Å². The van der Waals surface area contributed by atoms with Crippen molar-refractivity contribution in [2.24, 2.45) is 0 Å². The van der Waals surface area contributed by atoms with Crippen molar-refractivity contribution >= 4 is 0 Å². The molecule has 2 heterocycles. The van der Waals surface area contributed by atoms with Crippen molar-refractivity contribution in [3.8, 4) is 0 Å². The Morgan fingerprint density at radius 1 is 0.926 bits per heavy atom. The quantitative estimate of drug-likeness (QED) is 0.762. The van der Waals surface area contributed by atoms with E-state index in [0.29, 0.717) is 13.2 Å². The SMILES string of the molecule is CO[C@H]1OC2C=CC1(O)C(OCc1ccccc1)[C@@H]2OCc1ccccc1. The number of ether oxygens (including phenoxy) is 4. The highest BCUT2D eigenvalue weighted by Crippen LogP contribution is 2.40. The van der Waals surface area contributed by atoms with Gasteiger partial charge in [-0.25, -0.2) is 0 Å². The van der Waals surface area contributed by atoms with Gasteiger partial charge in [-0.3, -0.25) is 0 Å². The first-order valence-corrected chi connectivity index (χ1v) is 9.12. The largest absolute Gasteiger partial charge is 0.378 e. The van der Waals surface area contributed by atoms with Crippen LogP contribution < -0.4 is 0 Å². The molecule has 27 heavy (non-hydrogen) atoms. The van der Waals surface area contributed by atoms with Crippen LogP contribution in [-0.4, -0.2) is 42.4 Å². The molecule has 1 N–H and O–H groups in total. The normalized spacial score (nSPS) is 31.9. The summed E-state index contributed by atoms with van der Waals surface area (Å²) in [6.45, 7) is 0.786. The molecule has 1 saturated heterocycles. The summed E-state index contributed by atoms with van der Waals surface area (Å²) in [6.07, 6.45) is 1.38. The third-order valence-electron chi connectivity index (χ3n) is 5.06. The highest BCUT2D eigenvalue weighted by Gasteiger charge is 2.58. The lowest BCUT2D eigenvalue weighted by Gasteiger charge is -2.52. The van der Waals surface area contributed by atoms with Gasteiger partial charge in [0.15, 0.2) is 11.9 Å². The van der Waals surface area contributed by atoms with E-state index >= 15 is 0 Å². The van der Waals surface area contributed by atoms with Gasteiger partial charge in [-0.2, -0.15) is 0 Å². The van der Waals surface area contributed by atoms with Crippen molar-refractivity contribution in [1.82, 2.24) is 0 Å². The second-order valence-electron chi connectivity index (χ2n) is 6.89. The fraction of sp³-hybridized carbons (Fsp3) is 0.364. The topological polar surface area (TPSA) is 57.2 Å². The van der Waals surface area contributed by atoms with E-state index in [1.807, 2.05) is 66.7 Å². The highest BCUT2D eigenvalue weighted by molar-refractivity contribution is 5.24. The van der Waals surface area contributed by atoms with Crippen LogP contribution in [0.4, 0.5) is 0 Å². The molecule has 2 bridgehead atoms. The maximum Gasteiger partial charge on any atom is 0.193 e. The second kappa shape index (κ2) is 7.92. The summed E-state index contributed by atoms with van der Waals surface area (Å²) < 4.78 is 23.5. The molecular weight excluding hydrogens is 344 g/mol. The molecule has 1 aliphatic carbocycles. The number of hydrogen-bond acceptors (Lipinski definition) is 5. The van der Waals surface area contributed by atoms with Crippen LogP contribution in [0.1, 0.15) is 11.1 Å². The van der Waals surface area contributed by atoms with Crippen molar-refractivity contribution < 1.29 is 24.1 Å². The zero-order chi connectivity index (χ0) is 18.7. The third kappa shape index (κ3) is 3.70. The molecule has 2 aromatic carbocycles. The Kier molecular flexibility index (Phi) is 5.38. The van der Waals surface area contributed by atoms with E-state index in [9.17, 15) is 5.11 Å². The van der Waals surface area contributed by atoms with Gasteiger partial charge in [-0.05, 0) is 17.2 Å². The maximum absolute atomic E-state index is 11.2. The standard InChI is InChI=1S/C22H24O5/c1-24-21-22(23)13-12-18(27-21)19(25-14-16-8-4-2-5-9-16)20(22)26-15-17-10-6-3-7-11-17/h2-13,18-21,23H,14-15H2,1H3/t18?,19-,20?,21+,22?/m1/s1. The van der Waals surface area contributed by atoms with E-state index in [-0.39, 0.29) is 6.10 Å². The zero-order valence-electron chi connectivity index (χ0n) is 15.2. The van der Waals surface area contributed by atoms with E-state index in [1.165, 1.54) is 7.11 Å². The van der Waals surface area contributed by atoms with Gasteiger partial charge in [0.05, 0.1) is 13.2 Å². The second-order valence-corrected chi connectivity index (χ2v) is 6.89. The lowest BCUT2D eigenvalue weighted by atomic mass is 9.80. The summed E-state index contributed by atoms with van der Waals surface area (Å²) in [4.78, 5) is 0. The van der Waals surface area contributed by atoms with Gasteiger partial charge in [0.2, 0.25) is 0 Å². The van der Waals surface area contributed by atoms with Crippen LogP contribution in [0.3, 0.4) is 0 Å². The fourth-order valence-electron chi connectivity index (χ4n) is 3.66. The summed E-state index contributed by atoms with van der Waals surface area (Å²) >= 11 is 0. The molecule has 3 aliphatic rings. The van der Waals surface area contributed by atoms with E-state index in [2.05, 4.69) is 0 Å². The molecule has 1 fully saturated rings. The minimum absolute atomic E-state index is 0.339. The monoisotopic (exact) mass is 368 g/mol. The molecule has 0 spiro atoms. The first kappa shape index (κ1) is 18.3. The molecule has 5 heteroatoms. The average Bonchev–Trinajstić information content (AvgIpc) is 2.72. The van der Waals surface area contributed by atoms with E-state index in [1.54, 1.807) is 6.08 Å². The van der Waals surface area contributed by atoms with Crippen molar-refractivity contribution in [2.45, 2.75) is 43.4 Å². The first-order valence-electron chi connectivity index (χ1n) is 9.12. The fourth-order valence-corrected chi connectivity index (χ4v) is 3.66. The van der Waals surface area contributed by atoms with Gasteiger partial charge in [-0.1, -0.05) is 66.7 Å². The van der Waals surface area contributed by atoms with Crippen molar-refractivity contribution in [3.63, 3.8) is 0 Å². The van der Waals surface area contributed by atoms with E-state index in [4.69, 9.17) is 18.9 Å². The van der Waals surface area contributed by atoms with Gasteiger partial charge in [0.1, 0.15) is 18.3 Å². The number of rotatable bonds is 7. The molecule has 0 saturated carbocycles. The molecule has 5 rings (SSSR count). The Balaban J connectivity index is 1.53. The number of hydrogen-bond donors (Lipinski definition) is 1. The van der Waals surface area contributed by atoms with Gasteiger partial charge in [0.25, 0.3) is 0 Å². The predicted octanol–water partition coefficient (Wildman–Crippen LogP) is 2.83. The van der Waals surface area contributed by atoms with E-state index in [0.717, 1.165) is 11.1 Å². The molecule has 2 aromatic rings. The number of fused-ring (bicyclic) bond motifs is 2. The lowest BCUT2D eigenvalue weighted by Crippen LogP contribution is -2.69. The lowest BCUT2D eigenvalue weighted by molar-refractivity contribution is -0.332. The number of benzene rings is 2. The molecule has 142 valence electrons. The molecule has 5 atom stereocenters. The van der Waals surface area contributed by atoms with Crippen LogP contribution in [0.5, 0.6) is 0 Å². The molecule has 5 nitrogen and oxygen atoms in total. The van der Waals surface area contributed by atoms with E-state index < -0.39 is 24.1 Å². The van der Waals surface area contributed by atoms with Gasteiger partial charge >= 0.3 is 0 Å². The maximum atomic E-state index is 11.2. The highest BCUT2D eigenvalue weighted by atomic mass is 16.7. The molecule has 3 unspecified atom stereocenters. The van der Waals surface area contributed by atoms with Crippen LogP contribution in [0.15, 0.2) is 72.8 Å².